The number of halogens is 1. The predicted octanol–water partition coefficient (Wildman–Crippen LogP) is 0.0292. The molecule has 0 amide bonds. The molecule has 1 atom stereocenters. The van der Waals surface area contributed by atoms with Gasteiger partial charge in [0.25, 0.3) is 0 Å². The van der Waals surface area contributed by atoms with Gasteiger partial charge in [-0.15, -0.1) is 0 Å². The van der Waals surface area contributed by atoms with E-state index in [4.69, 9.17) is 5.14 Å². The molecule has 2 rings (SSSR count). The van der Waals surface area contributed by atoms with Crippen LogP contribution in [0.5, 0.6) is 0 Å². The molecule has 0 aromatic carbocycles. The van der Waals surface area contributed by atoms with Gasteiger partial charge in [-0.2, -0.15) is 0 Å². The molecule has 0 aromatic heterocycles. The maximum Gasteiger partial charge on any atom is 0.248 e. The monoisotopic (exact) mass is 185 g/mol. The molecule has 2 aliphatic rings. The highest BCUT2D eigenvalue weighted by Gasteiger charge is 2.35. The Hall–Kier alpha value is -1.12. The molecule has 1 unspecified atom stereocenters. The van der Waals surface area contributed by atoms with Crippen molar-refractivity contribution in [1.82, 2.24) is 0 Å². The number of sulfonamides is 1. The van der Waals surface area contributed by atoms with E-state index in [2.05, 4.69) is 11.8 Å². The van der Waals surface area contributed by atoms with Crippen molar-refractivity contribution in [3.05, 3.63) is 22.4 Å². The molecule has 2 aliphatic carbocycles. The molecule has 0 radical (unpaired) electrons. The minimum atomic E-state index is -3.98. The fourth-order valence-corrected chi connectivity index (χ4v) is 1.59. The van der Waals surface area contributed by atoms with Crippen LogP contribution < -0.4 is 5.14 Å². The Balaban J connectivity index is 2.56. The lowest BCUT2D eigenvalue weighted by atomic mass is 10.2. The van der Waals surface area contributed by atoms with E-state index in [-0.39, 0.29) is 0 Å². The van der Waals surface area contributed by atoms with E-state index < -0.39 is 26.7 Å². The van der Waals surface area contributed by atoms with Gasteiger partial charge in [0.15, 0.2) is 4.91 Å². The molecule has 12 heavy (non-hydrogen) atoms. The average Bonchev–Trinajstić information content (AvgIpc) is 2.63. The fourth-order valence-electron chi connectivity index (χ4n) is 0.997. The molecule has 0 fully saturated rings. The van der Waals surface area contributed by atoms with E-state index in [1.807, 2.05) is 0 Å². The molecule has 0 heterocycles. The Bertz CT molecular complexity index is 475. The minimum Gasteiger partial charge on any atom is -0.224 e. The quantitative estimate of drug-likeness (QED) is 0.586. The van der Waals surface area contributed by atoms with Gasteiger partial charge in [0.05, 0.1) is 5.92 Å². The van der Waals surface area contributed by atoms with Crippen molar-refractivity contribution >= 4 is 10.0 Å². The summed E-state index contributed by atoms with van der Waals surface area (Å²) >= 11 is 0. The first-order chi connectivity index (χ1) is 5.50. The van der Waals surface area contributed by atoms with E-state index in [0.717, 1.165) is 0 Å². The number of nitrogens with two attached hydrogens (primary N) is 1. The largest absolute Gasteiger partial charge is 0.248 e. The molecular formula is C7H4FNO2S. The van der Waals surface area contributed by atoms with Crippen molar-refractivity contribution in [2.45, 2.75) is 0 Å². The zero-order chi connectivity index (χ0) is 8.93. The Morgan fingerprint density at radius 1 is 1.50 bits per heavy atom. The van der Waals surface area contributed by atoms with E-state index >= 15 is 0 Å². The van der Waals surface area contributed by atoms with Gasteiger partial charge in [0.1, 0.15) is 5.83 Å². The molecule has 0 aromatic rings. The van der Waals surface area contributed by atoms with E-state index in [0.29, 0.717) is 5.57 Å². The van der Waals surface area contributed by atoms with Gasteiger partial charge in [-0.3, -0.25) is 0 Å². The second kappa shape index (κ2) is 1.97. The second-order valence-corrected chi connectivity index (χ2v) is 4.07. The highest BCUT2D eigenvalue weighted by molar-refractivity contribution is 7.93. The summed E-state index contributed by atoms with van der Waals surface area (Å²) in [6, 6.07) is 0. The highest BCUT2D eigenvalue weighted by Crippen LogP contribution is 2.40. The number of fused-ring (bicyclic) bond motifs is 1. The second-order valence-electron chi connectivity index (χ2n) is 2.57. The zero-order valence-corrected chi connectivity index (χ0v) is 6.65. The maximum absolute atomic E-state index is 13.0. The van der Waals surface area contributed by atoms with Gasteiger partial charge in [-0.05, 0) is 5.92 Å². The number of rotatable bonds is 1. The van der Waals surface area contributed by atoms with Crippen LogP contribution in [0.3, 0.4) is 0 Å². The topological polar surface area (TPSA) is 60.2 Å². The zero-order valence-electron chi connectivity index (χ0n) is 5.83. The fraction of sp³-hybridized carbons (Fsp3) is 0.143. The molecule has 5 heteroatoms. The third kappa shape index (κ3) is 0.967. The normalized spacial score (nSPS) is 25.5. The SMILES string of the molecule is NS(=O)(=O)C1=C(F)C2C=C2C#C1. The van der Waals surface area contributed by atoms with Gasteiger partial charge in [0, 0.05) is 5.57 Å². The molecule has 0 spiro atoms. The first-order valence-corrected chi connectivity index (χ1v) is 4.71. The van der Waals surface area contributed by atoms with Gasteiger partial charge >= 0.3 is 0 Å². The summed E-state index contributed by atoms with van der Waals surface area (Å²) in [5.74, 6) is 3.41. The van der Waals surface area contributed by atoms with Gasteiger partial charge in [0.2, 0.25) is 10.0 Å². The van der Waals surface area contributed by atoms with Crippen molar-refractivity contribution < 1.29 is 12.8 Å². The molecule has 62 valence electrons. The van der Waals surface area contributed by atoms with Crippen LogP contribution in [-0.4, -0.2) is 8.42 Å². The Kier molecular flexibility index (Phi) is 1.24. The predicted molar refractivity (Wildman–Crippen MR) is 40.6 cm³/mol. The van der Waals surface area contributed by atoms with Crippen LogP contribution in [0.25, 0.3) is 0 Å². The van der Waals surface area contributed by atoms with Crippen LogP contribution in [0.1, 0.15) is 0 Å². The molecule has 2 N–H and O–H groups in total. The Morgan fingerprint density at radius 2 is 2.17 bits per heavy atom. The molecule has 0 aliphatic heterocycles. The van der Waals surface area contributed by atoms with Crippen molar-refractivity contribution in [2.75, 3.05) is 0 Å². The maximum atomic E-state index is 13.0. The summed E-state index contributed by atoms with van der Waals surface area (Å²) < 4.78 is 34.5. The molecular weight excluding hydrogens is 181 g/mol. The van der Waals surface area contributed by atoms with Gasteiger partial charge < -0.3 is 0 Å². The summed E-state index contributed by atoms with van der Waals surface area (Å²) in [6.07, 6.45) is 1.56. The third-order valence-electron chi connectivity index (χ3n) is 1.67. The smallest absolute Gasteiger partial charge is 0.224 e. The van der Waals surface area contributed by atoms with Gasteiger partial charge in [-0.25, -0.2) is 17.9 Å². The summed E-state index contributed by atoms with van der Waals surface area (Å²) in [5, 5.41) is 4.73. The summed E-state index contributed by atoms with van der Waals surface area (Å²) in [6.45, 7) is 0. The van der Waals surface area contributed by atoms with E-state index in [9.17, 15) is 12.8 Å². The van der Waals surface area contributed by atoms with Crippen LogP contribution in [0.4, 0.5) is 4.39 Å². The third-order valence-corrected chi connectivity index (χ3v) is 2.53. The lowest BCUT2D eigenvalue weighted by Gasteiger charge is -2.02. The van der Waals surface area contributed by atoms with Crippen molar-refractivity contribution in [1.29, 1.82) is 0 Å². The Morgan fingerprint density at radius 3 is 2.75 bits per heavy atom. The summed E-state index contributed by atoms with van der Waals surface area (Å²) in [7, 11) is -3.98. The minimum absolute atomic E-state index is 0.514. The number of allylic oxidation sites excluding steroid dienone is 4. The first-order valence-electron chi connectivity index (χ1n) is 3.16. The van der Waals surface area contributed by atoms with Crippen LogP contribution in [0.2, 0.25) is 0 Å². The lowest BCUT2D eigenvalue weighted by Crippen LogP contribution is -2.16. The number of hydrogen-bond donors (Lipinski definition) is 1. The van der Waals surface area contributed by atoms with Crippen LogP contribution in [0, 0.1) is 17.8 Å². The average molecular weight is 185 g/mol. The number of hydrogen-bond acceptors (Lipinski definition) is 2. The molecule has 0 saturated carbocycles. The first kappa shape index (κ1) is 7.53. The summed E-state index contributed by atoms with van der Waals surface area (Å²) in [4.78, 5) is -0.579. The molecule has 0 saturated heterocycles. The van der Waals surface area contributed by atoms with Crippen molar-refractivity contribution in [3.8, 4) is 11.8 Å². The summed E-state index contributed by atoms with van der Waals surface area (Å²) in [5.41, 5.74) is 0.639. The number of primary sulfonamides is 1. The van der Waals surface area contributed by atoms with Crippen LogP contribution in [-0.2, 0) is 10.0 Å². The van der Waals surface area contributed by atoms with Crippen LogP contribution >= 0.6 is 0 Å². The highest BCUT2D eigenvalue weighted by atomic mass is 32.2. The molecule has 3 nitrogen and oxygen atoms in total. The van der Waals surface area contributed by atoms with Crippen LogP contribution in [0.15, 0.2) is 22.4 Å². The lowest BCUT2D eigenvalue weighted by molar-refractivity contribution is 0.577. The van der Waals surface area contributed by atoms with E-state index in [1.54, 1.807) is 6.08 Å². The van der Waals surface area contributed by atoms with E-state index in [1.165, 1.54) is 0 Å². The van der Waals surface area contributed by atoms with Crippen molar-refractivity contribution in [2.24, 2.45) is 11.1 Å². The molecule has 0 bridgehead atoms. The van der Waals surface area contributed by atoms with Gasteiger partial charge in [-0.1, -0.05) is 12.0 Å². The Labute approximate surface area is 68.8 Å². The standard InChI is InChI=1S/C7H4FNO2S/c8-7-5-3-4(5)1-2-6(7)12(9,10)11/h3,5H,(H2,9,10,11). The van der Waals surface area contributed by atoms with Crippen molar-refractivity contribution in [3.63, 3.8) is 0 Å².